The van der Waals surface area contributed by atoms with Gasteiger partial charge in [-0.05, 0) is 54.8 Å². The quantitative estimate of drug-likeness (QED) is 0.642. The van der Waals surface area contributed by atoms with Crippen LogP contribution in [0.25, 0.3) is 0 Å². The molecule has 0 radical (unpaired) electrons. The minimum absolute atomic E-state index is 0.000872. The first kappa shape index (κ1) is 16.3. The summed E-state index contributed by atoms with van der Waals surface area (Å²) in [5.74, 6) is 0.357. The Labute approximate surface area is 156 Å². The van der Waals surface area contributed by atoms with Crippen LogP contribution < -0.4 is 4.90 Å². The van der Waals surface area contributed by atoms with Crippen molar-refractivity contribution in [1.29, 1.82) is 0 Å². The van der Waals surface area contributed by atoms with Gasteiger partial charge >= 0.3 is 0 Å². The van der Waals surface area contributed by atoms with Crippen LogP contribution in [0.3, 0.4) is 0 Å². The van der Waals surface area contributed by atoms with Crippen LogP contribution in [0.4, 0.5) is 5.69 Å². The first-order chi connectivity index (χ1) is 11.5. The number of hydrogen-bond donors (Lipinski definition) is 0. The number of ketones is 1. The Kier molecular flexibility index (Phi) is 4.24. The van der Waals surface area contributed by atoms with Gasteiger partial charge in [-0.3, -0.25) is 4.79 Å². The lowest BCUT2D eigenvalue weighted by molar-refractivity contribution is -0.128. The van der Waals surface area contributed by atoms with Gasteiger partial charge in [0.1, 0.15) is 5.78 Å². The Morgan fingerprint density at radius 3 is 2.33 bits per heavy atom. The van der Waals surface area contributed by atoms with Crippen molar-refractivity contribution in [3.8, 4) is 0 Å². The third-order valence-electron chi connectivity index (χ3n) is 5.15. The van der Waals surface area contributed by atoms with Crippen LogP contribution in [-0.4, -0.2) is 11.8 Å². The van der Waals surface area contributed by atoms with Crippen molar-refractivity contribution in [2.45, 2.75) is 31.3 Å². The van der Waals surface area contributed by atoms with Crippen molar-refractivity contribution in [2.75, 3.05) is 4.90 Å². The van der Waals surface area contributed by atoms with Crippen LogP contribution >= 0.6 is 34.8 Å². The van der Waals surface area contributed by atoms with Gasteiger partial charge in [-0.25, -0.2) is 0 Å². The molecule has 24 heavy (non-hydrogen) atoms. The number of carbonyl (C=O) groups is 1. The van der Waals surface area contributed by atoms with E-state index in [1.54, 1.807) is 0 Å². The summed E-state index contributed by atoms with van der Waals surface area (Å²) in [5, 5.41) is 1.77. The van der Waals surface area contributed by atoms with Crippen LogP contribution in [0.2, 0.25) is 15.1 Å². The Morgan fingerprint density at radius 1 is 0.917 bits per heavy atom. The molecule has 2 aliphatic heterocycles. The predicted molar refractivity (Wildman–Crippen MR) is 99.3 cm³/mol. The molecule has 2 bridgehead atoms. The van der Waals surface area contributed by atoms with Crippen molar-refractivity contribution < 1.29 is 4.79 Å². The topological polar surface area (TPSA) is 20.3 Å². The molecule has 5 heteroatoms. The van der Waals surface area contributed by atoms with Gasteiger partial charge in [-0.15, -0.1) is 0 Å². The third-order valence-corrected chi connectivity index (χ3v) is 6.14. The van der Waals surface area contributed by atoms with Gasteiger partial charge in [-0.2, -0.15) is 0 Å². The lowest BCUT2D eigenvalue weighted by Gasteiger charge is -2.52. The van der Waals surface area contributed by atoms with Gasteiger partial charge in [0.25, 0.3) is 0 Å². The second kappa shape index (κ2) is 6.25. The second-order valence-corrected chi connectivity index (χ2v) is 7.76. The first-order valence-electron chi connectivity index (χ1n) is 8.06. The van der Waals surface area contributed by atoms with E-state index in [0.29, 0.717) is 27.3 Å². The molecule has 1 aliphatic carbocycles. The number of nitrogens with zero attached hydrogens (tertiary/aromatic N) is 1. The molecule has 3 aliphatic rings. The van der Waals surface area contributed by atoms with E-state index in [2.05, 4.69) is 4.90 Å². The number of Topliss-reactive ketones (excluding diaryl/α,β-unsaturated/α-hetero) is 1. The fourth-order valence-corrected chi connectivity index (χ4v) is 4.52. The minimum atomic E-state index is 0.000872. The Hall–Kier alpha value is -1.22. The Balaban J connectivity index is 1.81. The summed E-state index contributed by atoms with van der Waals surface area (Å²) < 4.78 is 0. The largest absolute Gasteiger partial charge is 0.360 e. The zero-order valence-corrected chi connectivity index (χ0v) is 15.2. The number of hydrogen-bond acceptors (Lipinski definition) is 2. The number of rotatable bonds is 2. The van der Waals surface area contributed by atoms with Crippen molar-refractivity contribution in [1.82, 2.24) is 0 Å². The van der Waals surface area contributed by atoms with E-state index in [1.165, 1.54) is 0 Å². The number of halogens is 3. The van der Waals surface area contributed by atoms with Gasteiger partial charge in [0.2, 0.25) is 0 Å². The molecule has 2 aromatic carbocycles. The lowest BCUT2D eigenvalue weighted by Crippen LogP contribution is -2.54. The molecular weight excluding hydrogens is 365 g/mol. The standard InChI is InChI=1S/C19H16Cl3NO/c20-12-2-4-13(5-3-12)23-14-6-7-15(18(24)10-14)19(23)11-1-8-16(21)17(22)9-11/h1-5,8-9,14-15,19H,6-7,10H2. The second-order valence-electron chi connectivity index (χ2n) is 6.51. The molecule has 3 fully saturated rings. The van der Waals surface area contributed by atoms with E-state index >= 15 is 0 Å². The van der Waals surface area contributed by atoms with Crippen molar-refractivity contribution in [3.05, 3.63) is 63.1 Å². The minimum Gasteiger partial charge on any atom is -0.360 e. The van der Waals surface area contributed by atoms with Crippen molar-refractivity contribution >= 4 is 46.3 Å². The Morgan fingerprint density at radius 2 is 1.67 bits per heavy atom. The summed E-state index contributed by atoms with van der Waals surface area (Å²) >= 11 is 18.3. The van der Waals surface area contributed by atoms with E-state index in [4.69, 9.17) is 34.8 Å². The molecule has 2 aromatic rings. The highest BCUT2D eigenvalue weighted by Gasteiger charge is 2.47. The van der Waals surface area contributed by atoms with Crippen LogP contribution in [0.15, 0.2) is 42.5 Å². The highest BCUT2D eigenvalue weighted by Crippen LogP contribution is 2.48. The lowest BCUT2D eigenvalue weighted by atomic mass is 9.71. The van der Waals surface area contributed by atoms with E-state index in [1.807, 2.05) is 42.5 Å². The van der Waals surface area contributed by atoms with Crippen LogP contribution in [0.5, 0.6) is 0 Å². The maximum Gasteiger partial charge on any atom is 0.140 e. The molecule has 0 spiro atoms. The number of piperidine rings is 2. The van der Waals surface area contributed by atoms with Gasteiger partial charge in [-0.1, -0.05) is 40.9 Å². The summed E-state index contributed by atoms with van der Waals surface area (Å²) in [6, 6.07) is 13.8. The monoisotopic (exact) mass is 379 g/mol. The molecule has 2 saturated heterocycles. The van der Waals surface area contributed by atoms with E-state index in [0.717, 1.165) is 24.1 Å². The number of fused-ring (bicyclic) bond motifs is 3. The molecule has 1 saturated carbocycles. The zero-order valence-electron chi connectivity index (χ0n) is 12.9. The maximum atomic E-state index is 12.5. The van der Waals surface area contributed by atoms with Gasteiger partial charge in [0.05, 0.1) is 16.1 Å². The Bertz CT molecular complexity index is 790. The van der Waals surface area contributed by atoms with Crippen LogP contribution in [0.1, 0.15) is 30.9 Å². The van der Waals surface area contributed by atoms with Crippen LogP contribution in [0, 0.1) is 5.92 Å². The normalized spacial score (nSPS) is 26.0. The SMILES string of the molecule is O=C1CC2CCC1C(c1ccc(Cl)c(Cl)c1)N2c1ccc(Cl)cc1. The van der Waals surface area contributed by atoms with Crippen LogP contribution in [-0.2, 0) is 4.79 Å². The zero-order chi connectivity index (χ0) is 16.8. The summed E-state index contributed by atoms with van der Waals surface area (Å²) in [6.45, 7) is 0. The van der Waals surface area contributed by atoms with E-state index in [-0.39, 0.29) is 18.0 Å². The first-order valence-corrected chi connectivity index (χ1v) is 9.19. The summed E-state index contributed by atoms with van der Waals surface area (Å²) in [4.78, 5) is 14.9. The van der Waals surface area contributed by atoms with E-state index < -0.39 is 0 Å². The molecule has 0 amide bonds. The summed E-state index contributed by atoms with van der Waals surface area (Å²) in [7, 11) is 0. The highest BCUT2D eigenvalue weighted by molar-refractivity contribution is 6.42. The molecule has 3 unspecified atom stereocenters. The molecular formula is C19H16Cl3NO. The molecule has 2 heterocycles. The average molecular weight is 381 g/mol. The third kappa shape index (κ3) is 2.71. The molecule has 2 nitrogen and oxygen atoms in total. The van der Waals surface area contributed by atoms with E-state index in [9.17, 15) is 4.79 Å². The smallest absolute Gasteiger partial charge is 0.140 e. The fourth-order valence-electron chi connectivity index (χ4n) is 4.08. The molecule has 3 atom stereocenters. The number of benzene rings is 2. The number of carbonyl (C=O) groups excluding carboxylic acids is 1. The predicted octanol–water partition coefficient (Wildman–Crippen LogP) is 5.95. The molecule has 124 valence electrons. The molecule has 5 rings (SSSR count). The van der Waals surface area contributed by atoms with Crippen molar-refractivity contribution in [3.63, 3.8) is 0 Å². The van der Waals surface area contributed by atoms with Gasteiger partial charge in [0, 0.05) is 29.1 Å². The molecule has 0 aromatic heterocycles. The van der Waals surface area contributed by atoms with Crippen molar-refractivity contribution in [2.24, 2.45) is 5.92 Å². The summed E-state index contributed by atoms with van der Waals surface area (Å²) in [5.41, 5.74) is 2.14. The van der Waals surface area contributed by atoms with Gasteiger partial charge in [0.15, 0.2) is 0 Å². The molecule has 0 N–H and O–H groups in total. The fraction of sp³-hybridized carbons (Fsp3) is 0.316. The highest BCUT2D eigenvalue weighted by atomic mass is 35.5. The summed E-state index contributed by atoms with van der Waals surface area (Å²) in [6.07, 6.45) is 2.58. The number of anilines is 1. The maximum absolute atomic E-state index is 12.5. The average Bonchev–Trinajstić information content (AvgIpc) is 2.58. The van der Waals surface area contributed by atoms with Gasteiger partial charge < -0.3 is 4.90 Å².